The summed E-state index contributed by atoms with van der Waals surface area (Å²) in [7, 11) is 2.96. The van der Waals surface area contributed by atoms with Crippen molar-refractivity contribution < 1.29 is 23.8 Å². The summed E-state index contributed by atoms with van der Waals surface area (Å²) < 4.78 is 15.6. The second-order valence-corrected chi connectivity index (χ2v) is 5.34. The number of ether oxygens (including phenoxy) is 3. The van der Waals surface area contributed by atoms with Gasteiger partial charge in [-0.15, -0.1) is 0 Å². The molecule has 1 unspecified atom stereocenters. The number of methoxy groups -OCH3 is 2. The minimum absolute atomic E-state index is 0.180. The zero-order chi connectivity index (χ0) is 16.7. The maximum Gasteiger partial charge on any atom is 0.316 e. The van der Waals surface area contributed by atoms with E-state index in [0.29, 0.717) is 17.9 Å². The Bertz CT molecular complexity index is 500. The largest absolute Gasteiger partial charge is 0.496 e. The number of carbonyl (C=O) groups excluding carboxylic acids is 2. The fourth-order valence-corrected chi connectivity index (χ4v) is 2.29. The van der Waals surface area contributed by atoms with E-state index in [1.807, 2.05) is 13.8 Å². The van der Waals surface area contributed by atoms with E-state index in [-0.39, 0.29) is 23.9 Å². The fraction of sp³-hybridized carbons (Fsp3) is 0.529. The van der Waals surface area contributed by atoms with Gasteiger partial charge < -0.3 is 14.2 Å². The lowest BCUT2D eigenvalue weighted by molar-refractivity contribution is -0.146. The highest BCUT2D eigenvalue weighted by atomic mass is 16.5. The summed E-state index contributed by atoms with van der Waals surface area (Å²) in [4.78, 5) is 25.1. The van der Waals surface area contributed by atoms with Gasteiger partial charge in [-0.2, -0.15) is 0 Å². The van der Waals surface area contributed by atoms with Gasteiger partial charge in [0, 0.05) is 0 Å². The molecular formula is C17H24O5. The van der Waals surface area contributed by atoms with Crippen LogP contribution in [-0.2, 0) is 9.53 Å². The predicted molar refractivity (Wildman–Crippen MR) is 83.5 cm³/mol. The molecule has 0 bridgehead atoms. The molecule has 0 amide bonds. The molecule has 0 aliphatic rings. The molecule has 1 atom stereocenters. The second-order valence-electron chi connectivity index (χ2n) is 5.34. The number of hydrogen-bond acceptors (Lipinski definition) is 5. The number of esters is 1. The molecule has 5 nitrogen and oxygen atoms in total. The van der Waals surface area contributed by atoms with Crippen LogP contribution in [-0.4, -0.2) is 32.6 Å². The molecule has 1 rings (SSSR count). The van der Waals surface area contributed by atoms with Crippen LogP contribution in [0.25, 0.3) is 0 Å². The van der Waals surface area contributed by atoms with E-state index in [4.69, 9.17) is 14.2 Å². The first-order valence-corrected chi connectivity index (χ1v) is 7.38. The van der Waals surface area contributed by atoms with Gasteiger partial charge in [0.15, 0.2) is 5.78 Å². The molecule has 0 fully saturated rings. The third-order valence-corrected chi connectivity index (χ3v) is 3.27. The summed E-state index contributed by atoms with van der Waals surface area (Å²) >= 11 is 0. The van der Waals surface area contributed by atoms with Crippen molar-refractivity contribution in [2.75, 3.05) is 20.8 Å². The molecule has 1 aromatic carbocycles. The summed E-state index contributed by atoms with van der Waals surface area (Å²) in [5.74, 6) is -0.732. The molecule has 5 heteroatoms. The van der Waals surface area contributed by atoms with E-state index in [1.54, 1.807) is 25.1 Å². The van der Waals surface area contributed by atoms with Gasteiger partial charge in [0.25, 0.3) is 0 Å². The van der Waals surface area contributed by atoms with E-state index in [1.165, 1.54) is 14.2 Å². The number of Topliss-reactive ketones (excluding diaryl/α,β-unsaturated/α-hetero) is 1. The second kappa shape index (κ2) is 8.41. The van der Waals surface area contributed by atoms with Crippen LogP contribution in [0.4, 0.5) is 0 Å². The maximum atomic E-state index is 12.9. The van der Waals surface area contributed by atoms with Gasteiger partial charge in [0.05, 0.1) is 20.8 Å². The Kier molecular flexibility index (Phi) is 6.89. The fourth-order valence-electron chi connectivity index (χ4n) is 2.29. The smallest absolute Gasteiger partial charge is 0.316 e. The molecule has 22 heavy (non-hydrogen) atoms. The van der Waals surface area contributed by atoms with Crippen molar-refractivity contribution in [2.24, 2.45) is 11.8 Å². The predicted octanol–water partition coefficient (Wildman–Crippen LogP) is 3.11. The van der Waals surface area contributed by atoms with Crippen molar-refractivity contribution in [3.05, 3.63) is 23.8 Å². The zero-order valence-corrected chi connectivity index (χ0v) is 13.8. The van der Waals surface area contributed by atoms with Gasteiger partial charge in [-0.1, -0.05) is 19.9 Å². The molecule has 0 saturated carbocycles. The first-order chi connectivity index (χ1) is 10.5. The van der Waals surface area contributed by atoms with E-state index >= 15 is 0 Å². The van der Waals surface area contributed by atoms with Crippen LogP contribution >= 0.6 is 0 Å². The average molecular weight is 308 g/mol. The number of carbonyl (C=O) groups is 2. The maximum absolute atomic E-state index is 12.9. The molecule has 122 valence electrons. The summed E-state index contributed by atoms with van der Waals surface area (Å²) in [5, 5.41) is 0. The van der Waals surface area contributed by atoms with E-state index < -0.39 is 11.9 Å². The SMILES string of the molecule is CCOC(=O)C(CC(C)C)C(=O)c1c(OC)cccc1OC. The Morgan fingerprint density at radius 2 is 1.64 bits per heavy atom. The van der Waals surface area contributed by atoms with Gasteiger partial charge in [0.2, 0.25) is 0 Å². The summed E-state index contributed by atoms with van der Waals surface area (Å²) in [6.45, 7) is 5.88. The zero-order valence-electron chi connectivity index (χ0n) is 13.8. The van der Waals surface area contributed by atoms with Gasteiger partial charge in [-0.3, -0.25) is 9.59 Å². The van der Waals surface area contributed by atoms with Gasteiger partial charge in [-0.05, 0) is 31.4 Å². The number of ketones is 1. The monoisotopic (exact) mass is 308 g/mol. The summed E-state index contributed by atoms with van der Waals surface area (Å²) in [6, 6.07) is 5.08. The normalized spacial score (nSPS) is 11.9. The van der Waals surface area contributed by atoms with Crippen molar-refractivity contribution in [3.8, 4) is 11.5 Å². The molecule has 0 N–H and O–H groups in total. The number of hydrogen-bond donors (Lipinski definition) is 0. The Hall–Kier alpha value is -2.04. The van der Waals surface area contributed by atoms with Gasteiger partial charge in [0.1, 0.15) is 23.0 Å². The van der Waals surface area contributed by atoms with Crippen molar-refractivity contribution >= 4 is 11.8 Å². The summed E-state index contributed by atoms with van der Waals surface area (Å²) in [6.07, 6.45) is 0.416. The Balaban J connectivity index is 3.26. The van der Waals surface area contributed by atoms with E-state index in [0.717, 1.165) is 0 Å². The average Bonchev–Trinajstić information content (AvgIpc) is 2.50. The molecule has 0 saturated heterocycles. The molecule has 1 aromatic rings. The third kappa shape index (κ3) is 4.23. The number of benzene rings is 1. The molecule has 0 aromatic heterocycles. The molecule has 0 aliphatic heterocycles. The van der Waals surface area contributed by atoms with Gasteiger partial charge in [-0.25, -0.2) is 0 Å². The topological polar surface area (TPSA) is 61.8 Å². The number of rotatable bonds is 8. The van der Waals surface area contributed by atoms with Crippen LogP contribution in [0.1, 0.15) is 37.6 Å². The van der Waals surface area contributed by atoms with Crippen LogP contribution < -0.4 is 9.47 Å². The minimum atomic E-state index is -0.856. The highest BCUT2D eigenvalue weighted by Crippen LogP contribution is 2.32. The summed E-state index contributed by atoms with van der Waals surface area (Å²) in [5.41, 5.74) is 0.284. The van der Waals surface area contributed by atoms with Crippen molar-refractivity contribution in [2.45, 2.75) is 27.2 Å². The Labute approximate surface area is 131 Å². The minimum Gasteiger partial charge on any atom is -0.496 e. The Morgan fingerprint density at radius 1 is 1.09 bits per heavy atom. The molecule has 0 heterocycles. The molecule has 0 spiro atoms. The first kappa shape index (κ1) is 18.0. The molecule has 0 radical (unpaired) electrons. The van der Waals surface area contributed by atoms with Crippen LogP contribution in [0.3, 0.4) is 0 Å². The van der Waals surface area contributed by atoms with Crippen LogP contribution in [0.15, 0.2) is 18.2 Å². The van der Waals surface area contributed by atoms with Crippen molar-refractivity contribution in [1.29, 1.82) is 0 Å². The lowest BCUT2D eigenvalue weighted by Gasteiger charge is -2.19. The lowest BCUT2D eigenvalue weighted by atomic mass is 9.89. The highest BCUT2D eigenvalue weighted by molar-refractivity contribution is 6.11. The quantitative estimate of drug-likeness (QED) is 0.419. The lowest BCUT2D eigenvalue weighted by Crippen LogP contribution is -2.28. The molecular weight excluding hydrogens is 284 g/mol. The first-order valence-electron chi connectivity index (χ1n) is 7.38. The van der Waals surface area contributed by atoms with E-state index in [9.17, 15) is 9.59 Å². The van der Waals surface area contributed by atoms with Crippen molar-refractivity contribution in [1.82, 2.24) is 0 Å². The van der Waals surface area contributed by atoms with E-state index in [2.05, 4.69) is 0 Å². The van der Waals surface area contributed by atoms with Crippen LogP contribution in [0, 0.1) is 11.8 Å². The van der Waals surface area contributed by atoms with Crippen LogP contribution in [0.2, 0.25) is 0 Å². The Morgan fingerprint density at radius 3 is 2.05 bits per heavy atom. The van der Waals surface area contributed by atoms with Crippen molar-refractivity contribution in [3.63, 3.8) is 0 Å². The standard InChI is InChI=1S/C17H24O5/c1-6-22-17(19)12(10-11(2)3)16(18)15-13(20-4)8-7-9-14(15)21-5/h7-9,11-12H,6,10H2,1-5H3. The van der Waals surface area contributed by atoms with Crippen LogP contribution in [0.5, 0.6) is 11.5 Å². The third-order valence-electron chi connectivity index (χ3n) is 3.27. The highest BCUT2D eigenvalue weighted by Gasteiger charge is 2.33. The van der Waals surface area contributed by atoms with Gasteiger partial charge >= 0.3 is 5.97 Å². The molecule has 0 aliphatic carbocycles.